The predicted molar refractivity (Wildman–Crippen MR) is 151 cm³/mol. The van der Waals surface area contributed by atoms with Crippen molar-refractivity contribution in [2.24, 2.45) is 0 Å². The minimum Gasteiger partial charge on any atom is -0.490 e. The maximum atomic E-state index is 12.9. The summed E-state index contributed by atoms with van der Waals surface area (Å²) in [6.07, 6.45) is 5.89. The van der Waals surface area contributed by atoms with Gasteiger partial charge in [0.05, 0.1) is 12.1 Å². The van der Waals surface area contributed by atoms with Gasteiger partial charge < -0.3 is 25.1 Å². The van der Waals surface area contributed by atoms with Crippen molar-refractivity contribution >= 4 is 22.6 Å². The lowest BCUT2D eigenvalue weighted by atomic mass is 9.89. The van der Waals surface area contributed by atoms with Crippen molar-refractivity contribution in [2.75, 3.05) is 44.0 Å². The number of amides is 1. The van der Waals surface area contributed by atoms with Crippen molar-refractivity contribution in [3.05, 3.63) is 78.1 Å². The summed E-state index contributed by atoms with van der Waals surface area (Å²) in [5.74, 6) is 2.56. The molecular formula is C30H35N5O3. The molecule has 0 unspecified atom stereocenters. The van der Waals surface area contributed by atoms with Gasteiger partial charge in [0.1, 0.15) is 11.6 Å². The SMILES string of the molecule is CCOc1cc2c(ccn2NC)cc1Oc1ccnc(NC(=O)c2ccc(C3CCN(CC)CC3)cc2)c1. The zero-order chi connectivity index (χ0) is 26.5. The van der Waals surface area contributed by atoms with Crippen LogP contribution in [-0.4, -0.2) is 53.8 Å². The maximum Gasteiger partial charge on any atom is 0.256 e. The van der Waals surface area contributed by atoms with Gasteiger partial charge in [0.25, 0.3) is 5.91 Å². The lowest BCUT2D eigenvalue weighted by Crippen LogP contribution is -2.32. The van der Waals surface area contributed by atoms with Crippen LogP contribution >= 0.6 is 0 Å². The van der Waals surface area contributed by atoms with E-state index in [9.17, 15) is 4.79 Å². The first kappa shape index (κ1) is 25.6. The molecule has 8 nitrogen and oxygen atoms in total. The zero-order valence-electron chi connectivity index (χ0n) is 22.2. The minimum atomic E-state index is -0.202. The average Bonchev–Trinajstić information content (AvgIpc) is 3.35. The topological polar surface area (TPSA) is 80.6 Å². The Hall–Kier alpha value is -4.04. The van der Waals surface area contributed by atoms with Gasteiger partial charge >= 0.3 is 0 Å². The average molecular weight is 514 g/mol. The first-order chi connectivity index (χ1) is 18.6. The summed E-state index contributed by atoms with van der Waals surface area (Å²) in [6.45, 7) is 8.04. The van der Waals surface area contributed by atoms with Gasteiger partial charge in [0.2, 0.25) is 0 Å². The molecule has 0 radical (unpaired) electrons. The van der Waals surface area contributed by atoms with E-state index in [1.54, 1.807) is 18.3 Å². The van der Waals surface area contributed by atoms with E-state index in [2.05, 4.69) is 39.7 Å². The molecule has 5 rings (SSSR count). The zero-order valence-corrected chi connectivity index (χ0v) is 22.2. The highest BCUT2D eigenvalue weighted by Crippen LogP contribution is 2.36. The Balaban J connectivity index is 1.27. The Kier molecular flexibility index (Phi) is 7.79. The van der Waals surface area contributed by atoms with Crippen molar-refractivity contribution in [3.8, 4) is 17.2 Å². The monoisotopic (exact) mass is 513 g/mol. The van der Waals surface area contributed by atoms with Gasteiger partial charge in [-0.2, -0.15) is 0 Å². The Morgan fingerprint density at radius 2 is 1.82 bits per heavy atom. The van der Waals surface area contributed by atoms with E-state index in [1.165, 1.54) is 5.56 Å². The molecule has 8 heteroatoms. The predicted octanol–water partition coefficient (Wildman–Crippen LogP) is 5.85. The molecule has 198 valence electrons. The third-order valence-electron chi connectivity index (χ3n) is 7.18. The van der Waals surface area contributed by atoms with Crippen LogP contribution in [0.4, 0.5) is 5.82 Å². The molecule has 0 aliphatic carbocycles. The van der Waals surface area contributed by atoms with Crippen molar-refractivity contribution in [1.29, 1.82) is 0 Å². The number of hydrogen-bond acceptors (Lipinski definition) is 6. The first-order valence-corrected chi connectivity index (χ1v) is 13.3. The van der Waals surface area contributed by atoms with Crippen molar-refractivity contribution in [3.63, 3.8) is 0 Å². The van der Waals surface area contributed by atoms with Gasteiger partial charge in [0, 0.05) is 42.5 Å². The Morgan fingerprint density at radius 3 is 2.53 bits per heavy atom. The van der Waals surface area contributed by atoms with E-state index in [0.717, 1.165) is 43.4 Å². The van der Waals surface area contributed by atoms with Crippen LogP contribution in [0.3, 0.4) is 0 Å². The number of benzene rings is 2. The highest BCUT2D eigenvalue weighted by atomic mass is 16.5. The number of nitrogens with one attached hydrogen (secondary N) is 2. The summed E-state index contributed by atoms with van der Waals surface area (Å²) in [5.41, 5.74) is 6.02. The summed E-state index contributed by atoms with van der Waals surface area (Å²) in [6, 6.07) is 17.3. The second-order valence-corrected chi connectivity index (χ2v) is 9.46. The first-order valence-electron chi connectivity index (χ1n) is 13.3. The van der Waals surface area contributed by atoms with Crippen molar-refractivity contribution in [2.45, 2.75) is 32.6 Å². The number of rotatable bonds is 9. The number of carbonyl (C=O) groups is 1. The Morgan fingerprint density at radius 1 is 1.03 bits per heavy atom. The van der Waals surface area contributed by atoms with E-state index < -0.39 is 0 Å². The number of pyridine rings is 1. The number of likely N-dealkylation sites (tertiary alicyclic amines) is 1. The number of hydrogen-bond donors (Lipinski definition) is 2. The number of ether oxygens (including phenoxy) is 2. The molecule has 3 heterocycles. The fourth-order valence-corrected chi connectivity index (χ4v) is 5.03. The van der Waals surface area contributed by atoms with Gasteiger partial charge in [-0.05, 0) is 81.2 Å². The van der Waals surface area contributed by atoms with Crippen molar-refractivity contribution in [1.82, 2.24) is 14.6 Å². The van der Waals surface area contributed by atoms with Gasteiger partial charge in [-0.15, -0.1) is 0 Å². The maximum absolute atomic E-state index is 12.9. The van der Waals surface area contributed by atoms with Crippen LogP contribution in [0.25, 0.3) is 10.9 Å². The van der Waals surface area contributed by atoms with Crippen LogP contribution in [0.15, 0.2) is 67.0 Å². The van der Waals surface area contributed by atoms with E-state index in [4.69, 9.17) is 9.47 Å². The molecular weight excluding hydrogens is 478 g/mol. The molecule has 1 amide bonds. The van der Waals surface area contributed by atoms with Gasteiger partial charge in [-0.25, -0.2) is 4.98 Å². The second kappa shape index (κ2) is 11.6. The van der Waals surface area contributed by atoms with Crippen LogP contribution < -0.4 is 20.2 Å². The largest absolute Gasteiger partial charge is 0.490 e. The Labute approximate surface area is 223 Å². The smallest absolute Gasteiger partial charge is 0.256 e. The third kappa shape index (κ3) is 5.60. The quantitative estimate of drug-likeness (QED) is 0.292. The third-order valence-corrected chi connectivity index (χ3v) is 7.18. The molecule has 2 aromatic heterocycles. The van der Waals surface area contributed by atoms with Gasteiger partial charge in [-0.1, -0.05) is 19.1 Å². The molecule has 0 atom stereocenters. The molecule has 0 saturated carbocycles. The summed E-state index contributed by atoms with van der Waals surface area (Å²) < 4.78 is 14.0. The van der Waals surface area contributed by atoms with Gasteiger partial charge in [0.15, 0.2) is 11.5 Å². The summed E-state index contributed by atoms with van der Waals surface area (Å²) in [7, 11) is 1.86. The molecule has 1 aliphatic rings. The summed E-state index contributed by atoms with van der Waals surface area (Å²) in [5, 5.41) is 3.91. The fourth-order valence-electron chi connectivity index (χ4n) is 5.03. The van der Waals surface area contributed by atoms with E-state index >= 15 is 0 Å². The second-order valence-electron chi connectivity index (χ2n) is 9.46. The highest BCUT2D eigenvalue weighted by molar-refractivity contribution is 6.03. The number of piperidine rings is 1. The van der Waals surface area contributed by atoms with E-state index in [0.29, 0.717) is 41.2 Å². The molecule has 0 spiro atoms. The van der Waals surface area contributed by atoms with E-state index in [-0.39, 0.29) is 5.91 Å². The molecule has 2 N–H and O–H groups in total. The molecule has 1 saturated heterocycles. The normalized spacial score (nSPS) is 14.4. The number of carbonyl (C=O) groups excluding carboxylic acids is 1. The van der Waals surface area contributed by atoms with Crippen molar-refractivity contribution < 1.29 is 14.3 Å². The summed E-state index contributed by atoms with van der Waals surface area (Å²) >= 11 is 0. The molecule has 2 aromatic carbocycles. The lowest BCUT2D eigenvalue weighted by Gasteiger charge is -2.31. The molecule has 4 aromatic rings. The Bertz CT molecular complexity index is 1390. The molecule has 1 aliphatic heterocycles. The lowest BCUT2D eigenvalue weighted by molar-refractivity contribution is 0.102. The number of aromatic nitrogens is 2. The summed E-state index contributed by atoms with van der Waals surface area (Å²) in [4.78, 5) is 19.7. The van der Waals surface area contributed by atoms with Crippen LogP contribution in [0.2, 0.25) is 0 Å². The highest BCUT2D eigenvalue weighted by Gasteiger charge is 2.20. The number of anilines is 1. The number of fused-ring (bicyclic) bond motifs is 1. The van der Waals surface area contributed by atoms with Crippen LogP contribution in [0.1, 0.15) is 48.5 Å². The van der Waals surface area contributed by atoms with E-state index in [1.807, 2.05) is 55.2 Å². The minimum absolute atomic E-state index is 0.202. The van der Waals surface area contributed by atoms with Crippen LogP contribution in [0.5, 0.6) is 17.2 Å². The molecule has 0 bridgehead atoms. The molecule has 38 heavy (non-hydrogen) atoms. The van der Waals surface area contributed by atoms with Crippen LogP contribution in [0, 0.1) is 0 Å². The fraction of sp³-hybridized carbons (Fsp3) is 0.333. The standard InChI is InChI=1S/C30H35N5O3/c1-4-34-15-11-22(12-16-34)21-6-8-23(9-7-21)30(36)33-29-19-25(10-14-32-29)38-28-18-24-13-17-35(31-3)26(24)20-27(28)37-5-2/h6-10,13-14,17-20,22,31H,4-5,11-12,15-16H2,1-3H3,(H,32,33,36). The molecule has 1 fully saturated rings. The number of nitrogens with zero attached hydrogens (tertiary/aromatic N) is 3. The van der Waals surface area contributed by atoms with Crippen LogP contribution in [-0.2, 0) is 0 Å². The van der Waals surface area contributed by atoms with Gasteiger partial charge in [-0.3, -0.25) is 9.47 Å².